The molecule has 0 saturated heterocycles. The highest BCUT2D eigenvalue weighted by Gasteiger charge is 2.09. The van der Waals surface area contributed by atoms with Gasteiger partial charge in [0.25, 0.3) is 0 Å². The van der Waals surface area contributed by atoms with Crippen LogP contribution in [0.1, 0.15) is 10.4 Å². The lowest BCUT2D eigenvalue weighted by molar-refractivity contribution is 0.559. The summed E-state index contributed by atoms with van der Waals surface area (Å²) in [6.45, 7) is 0. The zero-order chi connectivity index (χ0) is 12.1. The van der Waals surface area contributed by atoms with Crippen LogP contribution in [0.25, 0.3) is 0 Å². The van der Waals surface area contributed by atoms with Crippen molar-refractivity contribution in [2.45, 2.75) is 18.9 Å². The summed E-state index contributed by atoms with van der Waals surface area (Å²) >= 11 is 5.27. The predicted molar refractivity (Wildman–Crippen MR) is 76.5 cm³/mol. The number of hydrogen-bond donors (Lipinski definition) is 1. The van der Waals surface area contributed by atoms with Gasteiger partial charge in [-0.15, -0.1) is 11.3 Å². The third-order valence-electron chi connectivity index (χ3n) is 2.68. The topological polar surface area (TPSA) is 24.9 Å². The van der Waals surface area contributed by atoms with Gasteiger partial charge in [-0.05, 0) is 58.9 Å². The van der Waals surface area contributed by atoms with Crippen molar-refractivity contribution in [3.05, 3.63) is 50.9 Å². The van der Waals surface area contributed by atoms with Gasteiger partial charge in [0.2, 0.25) is 0 Å². The van der Waals surface area contributed by atoms with Crippen LogP contribution in [0, 0.1) is 0 Å². The molecule has 2 rings (SSSR count). The SMILES string of the molecule is CNC(Cc1cncc(Br)c1)Cc1cccs1. The fourth-order valence-corrected chi connectivity index (χ4v) is 3.00. The van der Waals surface area contributed by atoms with Gasteiger partial charge in [-0.1, -0.05) is 6.07 Å². The second-order valence-corrected chi connectivity index (χ2v) is 5.93. The summed E-state index contributed by atoms with van der Waals surface area (Å²) in [7, 11) is 2.02. The quantitative estimate of drug-likeness (QED) is 0.916. The van der Waals surface area contributed by atoms with Crippen LogP contribution in [-0.2, 0) is 12.8 Å². The van der Waals surface area contributed by atoms with Crippen LogP contribution in [-0.4, -0.2) is 18.1 Å². The molecule has 0 aliphatic rings. The van der Waals surface area contributed by atoms with Gasteiger partial charge in [-0.25, -0.2) is 0 Å². The summed E-state index contributed by atoms with van der Waals surface area (Å²) in [6.07, 6.45) is 5.82. The molecule has 0 aliphatic heterocycles. The van der Waals surface area contributed by atoms with Crippen molar-refractivity contribution < 1.29 is 0 Å². The van der Waals surface area contributed by atoms with E-state index < -0.39 is 0 Å². The highest BCUT2D eigenvalue weighted by Crippen LogP contribution is 2.15. The maximum absolute atomic E-state index is 4.20. The maximum Gasteiger partial charge on any atom is 0.0410 e. The van der Waals surface area contributed by atoms with Gasteiger partial charge in [-0.3, -0.25) is 4.98 Å². The van der Waals surface area contributed by atoms with E-state index in [1.165, 1.54) is 10.4 Å². The number of nitrogens with zero attached hydrogens (tertiary/aromatic N) is 1. The van der Waals surface area contributed by atoms with Gasteiger partial charge in [-0.2, -0.15) is 0 Å². The molecular formula is C13H15BrN2S. The number of halogens is 1. The Bertz CT molecular complexity index is 456. The Kier molecular flexibility index (Phi) is 4.71. The van der Waals surface area contributed by atoms with E-state index >= 15 is 0 Å². The summed E-state index contributed by atoms with van der Waals surface area (Å²) in [5.74, 6) is 0. The third kappa shape index (κ3) is 3.91. The zero-order valence-corrected chi connectivity index (χ0v) is 12.1. The van der Waals surface area contributed by atoms with Crippen LogP contribution in [0.15, 0.2) is 40.4 Å². The molecule has 17 heavy (non-hydrogen) atoms. The minimum Gasteiger partial charge on any atom is -0.316 e. The first-order valence-electron chi connectivity index (χ1n) is 5.57. The monoisotopic (exact) mass is 310 g/mol. The molecule has 0 bridgehead atoms. The number of pyridine rings is 1. The fourth-order valence-electron chi connectivity index (χ4n) is 1.80. The molecule has 0 aliphatic carbocycles. The van der Waals surface area contributed by atoms with Crippen LogP contribution in [0.2, 0.25) is 0 Å². The van der Waals surface area contributed by atoms with E-state index in [9.17, 15) is 0 Å². The van der Waals surface area contributed by atoms with Crippen molar-refractivity contribution >= 4 is 27.3 Å². The molecule has 2 aromatic heterocycles. The fraction of sp³-hybridized carbons (Fsp3) is 0.308. The zero-order valence-electron chi connectivity index (χ0n) is 9.69. The van der Waals surface area contributed by atoms with Crippen molar-refractivity contribution in [2.24, 2.45) is 0 Å². The van der Waals surface area contributed by atoms with E-state index in [0.717, 1.165) is 17.3 Å². The summed E-state index contributed by atoms with van der Waals surface area (Å²) in [6, 6.07) is 6.89. The minimum atomic E-state index is 0.463. The van der Waals surface area contributed by atoms with Crippen molar-refractivity contribution in [1.82, 2.24) is 10.3 Å². The summed E-state index contributed by atoms with van der Waals surface area (Å²) < 4.78 is 1.04. The van der Waals surface area contributed by atoms with Crippen molar-refractivity contribution in [2.75, 3.05) is 7.05 Å². The second-order valence-electron chi connectivity index (χ2n) is 3.98. The molecule has 0 saturated carbocycles. The maximum atomic E-state index is 4.20. The van der Waals surface area contributed by atoms with Crippen LogP contribution >= 0.6 is 27.3 Å². The first-order valence-corrected chi connectivity index (χ1v) is 7.24. The lowest BCUT2D eigenvalue weighted by atomic mass is 10.0. The molecule has 90 valence electrons. The number of rotatable bonds is 5. The molecule has 0 aromatic carbocycles. The minimum absolute atomic E-state index is 0.463. The molecule has 0 amide bonds. The van der Waals surface area contributed by atoms with E-state index in [2.05, 4.69) is 49.8 Å². The van der Waals surface area contributed by atoms with Crippen LogP contribution in [0.4, 0.5) is 0 Å². The van der Waals surface area contributed by atoms with Gasteiger partial charge in [0.05, 0.1) is 0 Å². The number of hydrogen-bond acceptors (Lipinski definition) is 3. The molecule has 0 radical (unpaired) electrons. The smallest absolute Gasteiger partial charge is 0.0410 e. The van der Waals surface area contributed by atoms with Gasteiger partial charge < -0.3 is 5.32 Å². The molecule has 0 fully saturated rings. The number of aromatic nitrogens is 1. The molecule has 1 N–H and O–H groups in total. The Morgan fingerprint density at radius 1 is 1.41 bits per heavy atom. The molecule has 1 atom stereocenters. The second kappa shape index (κ2) is 6.28. The van der Waals surface area contributed by atoms with Gasteiger partial charge in [0, 0.05) is 27.8 Å². The van der Waals surface area contributed by atoms with Gasteiger partial charge >= 0.3 is 0 Å². The van der Waals surface area contributed by atoms with Crippen LogP contribution < -0.4 is 5.32 Å². The van der Waals surface area contributed by atoms with Crippen molar-refractivity contribution in [3.63, 3.8) is 0 Å². The van der Waals surface area contributed by atoms with E-state index in [-0.39, 0.29) is 0 Å². The average molecular weight is 311 g/mol. The molecule has 2 aromatic rings. The summed E-state index contributed by atoms with van der Waals surface area (Å²) in [5.41, 5.74) is 1.26. The number of likely N-dealkylation sites (N-methyl/N-ethyl adjacent to an activating group) is 1. The normalized spacial score (nSPS) is 12.6. The first-order chi connectivity index (χ1) is 8.28. The Balaban J connectivity index is 2.00. The molecule has 0 spiro atoms. The number of nitrogens with one attached hydrogen (secondary N) is 1. The van der Waals surface area contributed by atoms with Crippen LogP contribution in [0.3, 0.4) is 0 Å². The Hall–Kier alpha value is -0.710. The summed E-state index contributed by atoms with van der Waals surface area (Å²) in [5, 5.41) is 5.50. The Morgan fingerprint density at radius 3 is 2.94 bits per heavy atom. The van der Waals surface area contributed by atoms with E-state index in [0.29, 0.717) is 6.04 Å². The van der Waals surface area contributed by atoms with E-state index in [4.69, 9.17) is 0 Å². The summed E-state index contributed by atoms with van der Waals surface area (Å²) in [4.78, 5) is 5.62. The molecular weight excluding hydrogens is 296 g/mol. The first kappa shape index (κ1) is 12.7. The van der Waals surface area contributed by atoms with Gasteiger partial charge in [0.1, 0.15) is 0 Å². The van der Waals surface area contributed by atoms with Crippen molar-refractivity contribution in [1.29, 1.82) is 0 Å². The molecule has 2 nitrogen and oxygen atoms in total. The van der Waals surface area contributed by atoms with Gasteiger partial charge in [0.15, 0.2) is 0 Å². The average Bonchev–Trinajstić information content (AvgIpc) is 2.81. The highest BCUT2D eigenvalue weighted by atomic mass is 79.9. The lowest BCUT2D eigenvalue weighted by Crippen LogP contribution is -2.29. The third-order valence-corrected chi connectivity index (χ3v) is 4.01. The largest absolute Gasteiger partial charge is 0.316 e. The van der Waals surface area contributed by atoms with Crippen LogP contribution in [0.5, 0.6) is 0 Å². The van der Waals surface area contributed by atoms with E-state index in [1.54, 1.807) is 0 Å². The predicted octanol–water partition coefficient (Wildman–Crippen LogP) is 3.28. The van der Waals surface area contributed by atoms with Crippen molar-refractivity contribution in [3.8, 4) is 0 Å². The molecule has 1 unspecified atom stereocenters. The Morgan fingerprint density at radius 2 is 2.29 bits per heavy atom. The molecule has 4 heteroatoms. The van der Waals surface area contributed by atoms with E-state index in [1.807, 2.05) is 30.8 Å². The Labute approximate surface area is 114 Å². The molecule has 2 heterocycles. The lowest BCUT2D eigenvalue weighted by Gasteiger charge is -2.15. The standard InChI is InChI=1S/C13H15BrN2S/c1-15-12(7-13-3-2-4-17-13)6-10-5-11(14)9-16-8-10/h2-5,8-9,12,15H,6-7H2,1H3. The number of thiophene rings is 1. The highest BCUT2D eigenvalue weighted by molar-refractivity contribution is 9.10.